The van der Waals surface area contributed by atoms with Crippen LogP contribution >= 0.6 is 23.1 Å². The molecule has 3 heterocycles. The van der Waals surface area contributed by atoms with E-state index in [4.69, 9.17) is 0 Å². The third kappa shape index (κ3) is 4.55. The number of hydrogen-bond donors (Lipinski definition) is 1. The van der Waals surface area contributed by atoms with Crippen LogP contribution in [-0.2, 0) is 6.54 Å². The highest BCUT2D eigenvalue weighted by atomic mass is 32.2. The summed E-state index contributed by atoms with van der Waals surface area (Å²) >= 11 is 3.73. The van der Waals surface area contributed by atoms with Crippen molar-refractivity contribution in [2.24, 2.45) is 11.3 Å². The van der Waals surface area contributed by atoms with E-state index in [9.17, 15) is 5.11 Å². The van der Waals surface area contributed by atoms with Crippen molar-refractivity contribution in [2.45, 2.75) is 32.2 Å². The third-order valence-corrected chi connectivity index (χ3v) is 7.58. The number of piperidine rings is 2. The molecule has 2 aliphatic heterocycles. The zero-order valence-electron chi connectivity index (χ0n) is 15.0. The van der Waals surface area contributed by atoms with E-state index in [2.05, 4.69) is 32.9 Å². The Morgan fingerprint density at radius 3 is 2.62 bits per heavy atom. The summed E-state index contributed by atoms with van der Waals surface area (Å²) in [6.07, 6.45) is 7.33. The summed E-state index contributed by atoms with van der Waals surface area (Å²) in [6.45, 7) is 7.39. The van der Waals surface area contributed by atoms with E-state index >= 15 is 0 Å². The molecule has 24 heavy (non-hydrogen) atoms. The van der Waals surface area contributed by atoms with Crippen molar-refractivity contribution in [3.8, 4) is 0 Å². The number of aliphatic hydroxyl groups is 1. The number of hydrogen-bond acceptors (Lipinski definition) is 5. The predicted octanol–water partition coefficient (Wildman–Crippen LogP) is 3.40. The molecule has 3 nitrogen and oxygen atoms in total. The summed E-state index contributed by atoms with van der Waals surface area (Å²) in [5.41, 5.74) is 1.83. The van der Waals surface area contributed by atoms with Gasteiger partial charge in [0.25, 0.3) is 0 Å². The van der Waals surface area contributed by atoms with Crippen molar-refractivity contribution in [3.05, 3.63) is 22.4 Å². The van der Waals surface area contributed by atoms with Gasteiger partial charge < -0.3 is 10.0 Å². The number of aliphatic hydroxyl groups excluding tert-OH is 1. The maximum Gasteiger partial charge on any atom is 0.0476 e. The minimum absolute atomic E-state index is 0.354. The van der Waals surface area contributed by atoms with Gasteiger partial charge in [-0.25, -0.2) is 0 Å². The first-order valence-electron chi connectivity index (χ1n) is 9.31. The minimum Gasteiger partial charge on any atom is -0.396 e. The van der Waals surface area contributed by atoms with Crippen LogP contribution in [-0.4, -0.2) is 66.2 Å². The highest BCUT2D eigenvalue weighted by molar-refractivity contribution is 7.98. The fourth-order valence-electron chi connectivity index (χ4n) is 4.53. The van der Waals surface area contributed by atoms with E-state index in [0.717, 1.165) is 13.1 Å². The number of thioether (sulfide) groups is 1. The van der Waals surface area contributed by atoms with Crippen molar-refractivity contribution in [1.82, 2.24) is 9.80 Å². The standard InChI is InChI=1S/C19H32N2OS2/c1-23-11-2-7-20-8-4-19(5-9-20)6-10-21(14-18(19)15-22)13-17-3-12-24-16-17/h3,12,16,18,22H,2,4-11,13-15H2,1H3/t18-/m1/s1. The fraction of sp³-hybridized carbons (Fsp3) is 0.789. The predicted molar refractivity (Wildman–Crippen MR) is 106 cm³/mol. The lowest BCUT2D eigenvalue weighted by Crippen LogP contribution is -2.53. The number of nitrogens with zero attached hydrogens (tertiary/aromatic N) is 2. The Morgan fingerprint density at radius 1 is 1.25 bits per heavy atom. The van der Waals surface area contributed by atoms with Crippen LogP contribution in [0.5, 0.6) is 0 Å². The van der Waals surface area contributed by atoms with E-state index in [1.165, 1.54) is 63.2 Å². The van der Waals surface area contributed by atoms with Gasteiger partial charge in [-0.15, -0.1) is 0 Å². The van der Waals surface area contributed by atoms with Crippen LogP contribution in [0.15, 0.2) is 16.8 Å². The molecule has 2 aliphatic rings. The SMILES string of the molecule is CSCCCN1CCC2(CC1)CCN(Cc1ccsc1)C[C@@H]2CO. The molecule has 0 aliphatic carbocycles. The highest BCUT2D eigenvalue weighted by Crippen LogP contribution is 2.45. The molecular weight excluding hydrogens is 336 g/mol. The molecule has 5 heteroatoms. The highest BCUT2D eigenvalue weighted by Gasteiger charge is 2.44. The Bertz CT molecular complexity index is 472. The molecule has 2 saturated heterocycles. The van der Waals surface area contributed by atoms with Gasteiger partial charge in [0.2, 0.25) is 0 Å². The van der Waals surface area contributed by atoms with Crippen LogP contribution in [0.3, 0.4) is 0 Å². The second kappa shape index (κ2) is 9.04. The normalized spacial score (nSPS) is 25.3. The number of thiophene rings is 1. The first kappa shape index (κ1) is 18.7. The van der Waals surface area contributed by atoms with Gasteiger partial charge in [-0.3, -0.25) is 4.90 Å². The Balaban J connectivity index is 1.51. The lowest BCUT2D eigenvalue weighted by molar-refractivity contribution is -0.0435. The van der Waals surface area contributed by atoms with Crippen molar-refractivity contribution >= 4 is 23.1 Å². The maximum absolute atomic E-state index is 10.1. The largest absolute Gasteiger partial charge is 0.396 e. The zero-order valence-corrected chi connectivity index (χ0v) is 16.6. The second-order valence-corrected chi connectivity index (χ2v) is 9.31. The van der Waals surface area contributed by atoms with Crippen LogP contribution in [0.2, 0.25) is 0 Å². The molecule has 0 radical (unpaired) electrons. The Kier molecular flexibility index (Phi) is 7.05. The Labute approximate surface area is 155 Å². The lowest BCUT2D eigenvalue weighted by Gasteiger charge is -2.51. The van der Waals surface area contributed by atoms with Gasteiger partial charge in [-0.1, -0.05) is 0 Å². The van der Waals surface area contributed by atoms with Gasteiger partial charge >= 0.3 is 0 Å². The quantitative estimate of drug-likeness (QED) is 0.746. The summed E-state index contributed by atoms with van der Waals surface area (Å²) in [7, 11) is 0. The second-order valence-electron chi connectivity index (χ2n) is 7.55. The van der Waals surface area contributed by atoms with Crippen LogP contribution in [0, 0.1) is 11.3 Å². The molecule has 2 fully saturated rings. The van der Waals surface area contributed by atoms with E-state index in [1.807, 2.05) is 11.8 Å². The van der Waals surface area contributed by atoms with Gasteiger partial charge in [-0.2, -0.15) is 23.1 Å². The molecule has 0 bridgehead atoms. The lowest BCUT2D eigenvalue weighted by atomic mass is 9.64. The monoisotopic (exact) mass is 368 g/mol. The first-order chi connectivity index (χ1) is 11.8. The van der Waals surface area contributed by atoms with Crippen molar-refractivity contribution in [3.63, 3.8) is 0 Å². The molecule has 1 aromatic heterocycles. The molecule has 0 amide bonds. The maximum atomic E-state index is 10.1. The fourth-order valence-corrected chi connectivity index (χ4v) is 5.61. The van der Waals surface area contributed by atoms with E-state index in [1.54, 1.807) is 11.3 Å². The van der Waals surface area contributed by atoms with E-state index in [0.29, 0.717) is 17.9 Å². The van der Waals surface area contributed by atoms with Crippen LogP contribution in [0.1, 0.15) is 31.2 Å². The van der Waals surface area contributed by atoms with Crippen molar-refractivity contribution < 1.29 is 5.11 Å². The zero-order chi connectivity index (χ0) is 16.8. The average Bonchev–Trinajstić information content (AvgIpc) is 3.12. The molecular formula is C19H32N2OS2. The molecule has 0 unspecified atom stereocenters. The van der Waals surface area contributed by atoms with E-state index in [-0.39, 0.29) is 0 Å². The summed E-state index contributed by atoms with van der Waals surface area (Å²) in [5, 5.41) is 14.5. The Hall–Kier alpha value is -0.0700. The van der Waals surface area contributed by atoms with Crippen LogP contribution in [0.4, 0.5) is 0 Å². The van der Waals surface area contributed by atoms with Crippen molar-refractivity contribution in [2.75, 3.05) is 51.3 Å². The number of rotatable bonds is 7. The summed E-state index contributed by atoms with van der Waals surface area (Å²) < 4.78 is 0. The molecule has 0 saturated carbocycles. The minimum atomic E-state index is 0.354. The summed E-state index contributed by atoms with van der Waals surface area (Å²) in [4.78, 5) is 5.20. The topological polar surface area (TPSA) is 26.7 Å². The molecule has 1 spiro atoms. The molecule has 1 aromatic rings. The molecule has 0 aromatic carbocycles. The van der Waals surface area contributed by atoms with Crippen molar-refractivity contribution in [1.29, 1.82) is 0 Å². The summed E-state index contributed by atoms with van der Waals surface area (Å²) in [6, 6.07) is 2.23. The Morgan fingerprint density at radius 2 is 2.00 bits per heavy atom. The molecule has 136 valence electrons. The smallest absolute Gasteiger partial charge is 0.0476 e. The van der Waals surface area contributed by atoms with E-state index < -0.39 is 0 Å². The third-order valence-electron chi connectivity index (χ3n) is 6.15. The van der Waals surface area contributed by atoms with Crippen LogP contribution < -0.4 is 0 Å². The molecule has 1 N–H and O–H groups in total. The van der Waals surface area contributed by atoms with Gasteiger partial charge in [0.1, 0.15) is 0 Å². The van der Waals surface area contributed by atoms with Gasteiger partial charge in [0.05, 0.1) is 0 Å². The van der Waals surface area contributed by atoms with Gasteiger partial charge in [0.15, 0.2) is 0 Å². The molecule has 1 atom stereocenters. The first-order valence-corrected chi connectivity index (χ1v) is 11.6. The summed E-state index contributed by atoms with van der Waals surface area (Å²) in [5.74, 6) is 1.73. The van der Waals surface area contributed by atoms with Gasteiger partial charge in [0, 0.05) is 25.6 Å². The van der Waals surface area contributed by atoms with Gasteiger partial charge in [-0.05, 0) is 91.7 Å². The van der Waals surface area contributed by atoms with Crippen LogP contribution in [0.25, 0.3) is 0 Å². The average molecular weight is 369 g/mol. The number of likely N-dealkylation sites (tertiary alicyclic amines) is 2. The molecule has 3 rings (SSSR count).